The quantitative estimate of drug-likeness (QED) is 0.748. The molecule has 1 unspecified atom stereocenters. The summed E-state index contributed by atoms with van der Waals surface area (Å²) in [5.41, 5.74) is 4.71. The van der Waals surface area contributed by atoms with E-state index >= 15 is 0 Å². The van der Waals surface area contributed by atoms with E-state index in [2.05, 4.69) is 24.3 Å². The first-order valence-corrected chi connectivity index (χ1v) is 7.27. The number of aryl methyl sites for hydroxylation is 1. The Morgan fingerprint density at radius 3 is 2.95 bits per heavy atom. The van der Waals surface area contributed by atoms with E-state index in [1.807, 2.05) is 18.2 Å². The topological polar surface area (TPSA) is 21.6 Å². The molecule has 3 heteroatoms. The Morgan fingerprint density at radius 1 is 1.10 bits per heavy atom. The van der Waals surface area contributed by atoms with Gasteiger partial charge in [-0.2, -0.15) is 0 Å². The number of nitrogens with zero attached hydrogens (tertiary/aromatic N) is 1. The Kier molecular flexibility index (Phi) is 2.78. The molecule has 2 aliphatic rings. The van der Waals surface area contributed by atoms with Crippen LogP contribution < -0.4 is 0 Å². The summed E-state index contributed by atoms with van der Waals surface area (Å²) in [6, 6.07) is 14.4. The average Bonchev–Trinajstić information content (AvgIpc) is 2.91. The highest BCUT2D eigenvalue weighted by Crippen LogP contribution is 2.38. The summed E-state index contributed by atoms with van der Waals surface area (Å²) in [5, 5.41) is 0.733. The lowest BCUT2D eigenvalue weighted by atomic mass is 10.0. The fraction of sp³-hybridized carbons (Fsp3) is 0.235. The Labute approximate surface area is 123 Å². The van der Waals surface area contributed by atoms with Crippen LogP contribution in [0.1, 0.15) is 29.0 Å². The second-order valence-electron chi connectivity index (χ2n) is 5.27. The van der Waals surface area contributed by atoms with Gasteiger partial charge in [0.15, 0.2) is 5.90 Å². The number of hydrogen-bond donors (Lipinski definition) is 0. The van der Waals surface area contributed by atoms with Crippen molar-refractivity contribution in [2.24, 2.45) is 4.99 Å². The van der Waals surface area contributed by atoms with Crippen molar-refractivity contribution >= 4 is 23.2 Å². The van der Waals surface area contributed by atoms with Crippen LogP contribution in [-0.4, -0.2) is 5.90 Å². The molecule has 0 N–H and O–H groups in total. The number of ether oxygens (including phenoxy) is 1. The number of halogens is 1. The molecule has 2 nitrogen and oxygen atoms in total. The molecular weight excluding hydrogens is 270 g/mol. The molecule has 0 radical (unpaired) electrons. The van der Waals surface area contributed by atoms with E-state index in [1.54, 1.807) is 0 Å². The first-order valence-electron chi connectivity index (χ1n) is 6.89. The second-order valence-corrected chi connectivity index (χ2v) is 5.67. The largest absolute Gasteiger partial charge is 0.475 e. The molecule has 0 saturated carbocycles. The van der Waals surface area contributed by atoms with Crippen LogP contribution in [-0.2, 0) is 17.8 Å². The maximum absolute atomic E-state index is 6.18. The zero-order valence-electron chi connectivity index (χ0n) is 11.0. The van der Waals surface area contributed by atoms with Crippen LogP contribution in [0.5, 0.6) is 0 Å². The van der Waals surface area contributed by atoms with E-state index < -0.39 is 0 Å². The monoisotopic (exact) mass is 283 g/mol. The Hall–Kier alpha value is -1.80. The lowest BCUT2D eigenvalue weighted by Gasteiger charge is -2.22. The number of hydrogen-bond acceptors (Lipinski definition) is 2. The van der Waals surface area contributed by atoms with Crippen LogP contribution in [0.25, 0.3) is 0 Å². The third-order valence-corrected chi connectivity index (χ3v) is 4.47. The van der Waals surface area contributed by atoms with Crippen LogP contribution in [0.4, 0.5) is 5.69 Å². The molecule has 4 rings (SSSR count). The van der Waals surface area contributed by atoms with Crippen molar-refractivity contribution in [2.75, 3.05) is 0 Å². The standard InChI is InChI=1S/C17H14ClNO/c18-15-6-3-7-16-14(15)10-20-17(19-16)13-9-8-11-4-1-2-5-12(11)13/h1-7,13H,8-10H2. The third-order valence-electron chi connectivity index (χ3n) is 4.12. The number of aliphatic imine (C=N–C) groups is 1. The van der Waals surface area contributed by atoms with Gasteiger partial charge in [-0.05, 0) is 36.1 Å². The maximum atomic E-state index is 6.18. The molecule has 0 amide bonds. The molecule has 0 fully saturated rings. The Balaban J connectivity index is 1.75. The number of benzene rings is 2. The van der Waals surface area contributed by atoms with Gasteiger partial charge in [-0.25, -0.2) is 4.99 Å². The van der Waals surface area contributed by atoms with Gasteiger partial charge in [0.05, 0.1) is 11.6 Å². The summed E-state index contributed by atoms with van der Waals surface area (Å²) in [7, 11) is 0. The van der Waals surface area contributed by atoms with Crippen molar-refractivity contribution < 1.29 is 4.74 Å². The van der Waals surface area contributed by atoms with Gasteiger partial charge >= 0.3 is 0 Å². The number of fused-ring (bicyclic) bond motifs is 2. The zero-order chi connectivity index (χ0) is 13.5. The summed E-state index contributed by atoms with van der Waals surface area (Å²) in [6.07, 6.45) is 2.18. The van der Waals surface area contributed by atoms with Crippen LogP contribution in [0.3, 0.4) is 0 Å². The molecular formula is C17H14ClNO. The molecule has 100 valence electrons. The first kappa shape index (κ1) is 12.0. The van der Waals surface area contributed by atoms with Gasteiger partial charge in [0, 0.05) is 10.6 Å². The lowest BCUT2D eigenvalue weighted by molar-refractivity contribution is 0.272. The van der Waals surface area contributed by atoms with Crippen LogP contribution in [0, 0.1) is 0 Å². The summed E-state index contributed by atoms with van der Waals surface area (Å²) >= 11 is 6.18. The van der Waals surface area contributed by atoms with Crippen molar-refractivity contribution in [3.8, 4) is 0 Å². The third kappa shape index (κ3) is 1.83. The molecule has 1 aliphatic heterocycles. The Morgan fingerprint density at radius 2 is 2.00 bits per heavy atom. The highest BCUT2D eigenvalue weighted by Gasteiger charge is 2.30. The molecule has 0 bridgehead atoms. The lowest BCUT2D eigenvalue weighted by Crippen LogP contribution is -2.17. The van der Waals surface area contributed by atoms with E-state index in [9.17, 15) is 0 Å². The highest BCUT2D eigenvalue weighted by molar-refractivity contribution is 6.31. The second kappa shape index (κ2) is 4.64. The Bertz CT molecular complexity index is 708. The van der Waals surface area contributed by atoms with Crippen LogP contribution in [0.2, 0.25) is 5.02 Å². The predicted molar refractivity (Wildman–Crippen MR) is 80.8 cm³/mol. The molecule has 1 aliphatic carbocycles. The van der Waals surface area contributed by atoms with Gasteiger partial charge in [0.1, 0.15) is 6.61 Å². The minimum absolute atomic E-state index is 0.290. The fourth-order valence-electron chi connectivity index (χ4n) is 3.08. The molecule has 0 spiro atoms. The van der Waals surface area contributed by atoms with Gasteiger partial charge in [-0.15, -0.1) is 0 Å². The van der Waals surface area contributed by atoms with Crippen molar-refractivity contribution in [3.05, 3.63) is 64.2 Å². The van der Waals surface area contributed by atoms with E-state index in [1.165, 1.54) is 11.1 Å². The zero-order valence-corrected chi connectivity index (χ0v) is 11.7. The summed E-state index contributed by atoms with van der Waals surface area (Å²) in [4.78, 5) is 4.70. The van der Waals surface area contributed by atoms with E-state index in [4.69, 9.17) is 21.3 Å². The highest BCUT2D eigenvalue weighted by atomic mass is 35.5. The van der Waals surface area contributed by atoms with Crippen molar-refractivity contribution in [1.82, 2.24) is 0 Å². The predicted octanol–water partition coefficient (Wildman–Crippen LogP) is 4.63. The van der Waals surface area contributed by atoms with E-state index in [0.29, 0.717) is 12.5 Å². The van der Waals surface area contributed by atoms with Crippen LogP contribution in [0.15, 0.2) is 47.5 Å². The SMILES string of the molecule is Clc1cccc2c1COC(C1CCc3ccccc31)=N2. The minimum atomic E-state index is 0.290. The van der Waals surface area contributed by atoms with E-state index in [0.717, 1.165) is 35.0 Å². The maximum Gasteiger partial charge on any atom is 0.196 e. The number of rotatable bonds is 1. The molecule has 20 heavy (non-hydrogen) atoms. The average molecular weight is 284 g/mol. The molecule has 0 aromatic heterocycles. The molecule has 1 heterocycles. The van der Waals surface area contributed by atoms with Crippen molar-refractivity contribution in [3.63, 3.8) is 0 Å². The van der Waals surface area contributed by atoms with Gasteiger partial charge < -0.3 is 4.74 Å². The van der Waals surface area contributed by atoms with Crippen molar-refractivity contribution in [2.45, 2.75) is 25.4 Å². The molecule has 2 aromatic carbocycles. The summed E-state index contributed by atoms with van der Waals surface area (Å²) < 4.78 is 5.89. The molecule has 0 saturated heterocycles. The molecule has 1 atom stereocenters. The normalized spacial score (nSPS) is 19.9. The van der Waals surface area contributed by atoms with Crippen LogP contribution >= 0.6 is 11.6 Å². The smallest absolute Gasteiger partial charge is 0.196 e. The van der Waals surface area contributed by atoms with Gasteiger partial charge in [0.25, 0.3) is 0 Å². The fourth-order valence-corrected chi connectivity index (χ4v) is 3.31. The summed E-state index contributed by atoms with van der Waals surface area (Å²) in [5.74, 6) is 1.13. The van der Waals surface area contributed by atoms with Gasteiger partial charge in [-0.3, -0.25) is 0 Å². The minimum Gasteiger partial charge on any atom is -0.475 e. The first-order chi connectivity index (χ1) is 9.83. The van der Waals surface area contributed by atoms with E-state index in [-0.39, 0.29) is 0 Å². The van der Waals surface area contributed by atoms with Gasteiger partial charge in [0.2, 0.25) is 0 Å². The van der Waals surface area contributed by atoms with Gasteiger partial charge in [-0.1, -0.05) is 41.9 Å². The summed E-state index contributed by atoms with van der Waals surface area (Å²) in [6.45, 7) is 0.520. The van der Waals surface area contributed by atoms with Crippen molar-refractivity contribution in [1.29, 1.82) is 0 Å². The molecule has 2 aromatic rings.